The van der Waals surface area contributed by atoms with Crippen molar-refractivity contribution in [2.75, 3.05) is 0 Å². The smallest absolute Gasteiger partial charge is 0.288 e. The number of rotatable bonds is 4. The summed E-state index contributed by atoms with van der Waals surface area (Å²) in [6, 6.07) is 4.11. The van der Waals surface area contributed by atoms with Gasteiger partial charge in [0.1, 0.15) is 5.02 Å². The summed E-state index contributed by atoms with van der Waals surface area (Å²) in [5, 5.41) is 17.2. The van der Waals surface area contributed by atoms with Crippen LogP contribution in [-0.4, -0.2) is 20.6 Å². The molecular weight excluding hydrogens is 284 g/mol. The fourth-order valence-electron chi connectivity index (χ4n) is 1.68. The molecule has 20 heavy (non-hydrogen) atoms. The molecule has 1 aromatic carbocycles. The van der Waals surface area contributed by atoms with Crippen LogP contribution in [0, 0.1) is 10.1 Å². The lowest BCUT2D eigenvalue weighted by atomic mass is 10.2. The van der Waals surface area contributed by atoms with E-state index in [-0.39, 0.29) is 22.8 Å². The Hall–Kier alpha value is -2.41. The number of hydrogen-bond acceptors (Lipinski definition) is 4. The number of nitro benzene ring substituents is 1. The Bertz CT molecular complexity index is 668. The molecule has 0 spiro atoms. The highest BCUT2D eigenvalue weighted by Crippen LogP contribution is 2.27. The summed E-state index contributed by atoms with van der Waals surface area (Å²) in [4.78, 5) is 22.1. The molecule has 0 bridgehead atoms. The van der Waals surface area contributed by atoms with E-state index in [1.165, 1.54) is 18.2 Å². The van der Waals surface area contributed by atoms with Gasteiger partial charge in [-0.15, -0.1) is 0 Å². The lowest BCUT2D eigenvalue weighted by Crippen LogP contribution is -2.23. The maximum Gasteiger partial charge on any atom is 0.288 e. The van der Waals surface area contributed by atoms with Gasteiger partial charge in [-0.3, -0.25) is 19.6 Å². The molecule has 1 aromatic heterocycles. The Kier molecular flexibility index (Phi) is 3.99. The van der Waals surface area contributed by atoms with E-state index in [4.69, 9.17) is 11.6 Å². The maximum absolute atomic E-state index is 12.0. The first kappa shape index (κ1) is 14.0. The molecule has 1 N–H and O–H groups in total. The maximum atomic E-state index is 12.0. The van der Waals surface area contributed by atoms with Crippen LogP contribution >= 0.6 is 11.6 Å². The third-order valence-corrected chi connectivity index (χ3v) is 3.03. The summed E-state index contributed by atoms with van der Waals surface area (Å²) < 4.78 is 1.61. The quantitative estimate of drug-likeness (QED) is 0.689. The third-order valence-electron chi connectivity index (χ3n) is 2.63. The Labute approximate surface area is 119 Å². The van der Waals surface area contributed by atoms with Gasteiger partial charge in [0.05, 0.1) is 16.7 Å². The van der Waals surface area contributed by atoms with Gasteiger partial charge in [0.2, 0.25) is 0 Å². The third kappa shape index (κ3) is 2.94. The lowest BCUT2D eigenvalue weighted by molar-refractivity contribution is -0.384. The van der Waals surface area contributed by atoms with Gasteiger partial charge in [0, 0.05) is 31.4 Å². The first-order valence-electron chi connectivity index (χ1n) is 5.67. The van der Waals surface area contributed by atoms with E-state index in [2.05, 4.69) is 10.4 Å². The van der Waals surface area contributed by atoms with E-state index in [1.807, 2.05) is 0 Å². The molecular formula is C12H11ClN4O3. The monoisotopic (exact) mass is 294 g/mol. The second-order valence-corrected chi connectivity index (χ2v) is 4.48. The number of benzene rings is 1. The zero-order chi connectivity index (χ0) is 14.7. The predicted molar refractivity (Wildman–Crippen MR) is 72.5 cm³/mol. The molecule has 1 amide bonds. The SMILES string of the molecule is Cn1cc(CNC(=O)c2cccc([N+](=O)[O-])c2Cl)cn1. The molecule has 2 rings (SSSR count). The van der Waals surface area contributed by atoms with Crippen molar-refractivity contribution in [2.45, 2.75) is 6.54 Å². The van der Waals surface area contributed by atoms with Crippen molar-refractivity contribution in [1.29, 1.82) is 0 Å². The van der Waals surface area contributed by atoms with Crippen LogP contribution in [0.1, 0.15) is 15.9 Å². The van der Waals surface area contributed by atoms with Crippen LogP contribution in [0.25, 0.3) is 0 Å². The van der Waals surface area contributed by atoms with Crippen LogP contribution in [0.15, 0.2) is 30.6 Å². The van der Waals surface area contributed by atoms with Gasteiger partial charge < -0.3 is 5.32 Å². The summed E-state index contributed by atoms with van der Waals surface area (Å²) in [5.41, 5.74) is 0.604. The van der Waals surface area contributed by atoms with Crippen molar-refractivity contribution >= 4 is 23.2 Å². The molecule has 0 saturated heterocycles. The van der Waals surface area contributed by atoms with Crippen LogP contribution in [0.4, 0.5) is 5.69 Å². The number of nitrogens with zero attached hydrogens (tertiary/aromatic N) is 3. The van der Waals surface area contributed by atoms with Gasteiger partial charge in [-0.1, -0.05) is 17.7 Å². The fourth-order valence-corrected chi connectivity index (χ4v) is 1.96. The summed E-state index contributed by atoms with van der Waals surface area (Å²) in [7, 11) is 1.77. The minimum absolute atomic E-state index is 0.0738. The topological polar surface area (TPSA) is 90.1 Å². The largest absolute Gasteiger partial charge is 0.348 e. The summed E-state index contributed by atoms with van der Waals surface area (Å²) >= 11 is 5.87. The van der Waals surface area contributed by atoms with Gasteiger partial charge in [0.15, 0.2) is 0 Å². The minimum atomic E-state index is -0.625. The highest BCUT2D eigenvalue weighted by molar-refractivity contribution is 6.35. The number of hydrogen-bond donors (Lipinski definition) is 1. The Balaban J connectivity index is 2.13. The molecule has 8 heteroatoms. The number of aromatic nitrogens is 2. The van der Waals surface area contributed by atoms with Crippen LogP contribution in [0.2, 0.25) is 5.02 Å². The molecule has 0 radical (unpaired) electrons. The normalized spacial score (nSPS) is 10.3. The van der Waals surface area contributed by atoms with Gasteiger partial charge in [0.25, 0.3) is 11.6 Å². The number of nitro groups is 1. The molecule has 0 unspecified atom stereocenters. The summed E-state index contributed by atoms with van der Waals surface area (Å²) in [6.45, 7) is 0.270. The van der Waals surface area contributed by atoms with Crippen molar-refractivity contribution in [3.8, 4) is 0 Å². The van der Waals surface area contributed by atoms with Gasteiger partial charge in [-0.25, -0.2) is 0 Å². The molecule has 104 valence electrons. The van der Waals surface area contributed by atoms with Crippen molar-refractivity contribution in [1.82, 2.24) is 15.1 Å². The number of carbonyl (C=O) groups excluding carboxylic acids is 1. The van der Waals surface area contributed by atoms with E-state index < -0.39 is 10.8 Å². The molecule has 2 aromatic rings. The number of aryl methyl sites for hydroxylation is 1. The highest BCUT2D eigenvalue weighted by atomic mass is 35.5. The van der Waals surface area contributed by atoms with Crippen LogP contribution in [0.5, 0.6) is 0 Å². The van der Waals surface area contributed by atoms with E-state index in [0.717, 1.165) is 5.56 Å². The average molecular weight is 295 g/mol. The van der Waals surface area contributed by atoms with Gasteiger partial charge in [-0.05, 0) is 6.07 Å². The molecule has 0 fully saturated rings. The standard InChI is InChI=1S/C12H11ClN4O3/c1-16-7-8(6-15-16)5-14-12(18)9-3-2-4-10(11(9)13)17(19)20/h2-4,6-7H,5H2,1H3,(H,14,18). The van der Waals surface area contributed by atoms with Crippen LogP contribution < -0.4 is 5.32 Å². The molecule has 0 atom stereocenters. The minimum Gasteiger partial charge on any atom is -0.348 e. The van der Waals surface area contributed by atoms with Gasteiger partial charge >= 0.3 is 0 Å². The van der Waals surface area contributed by atoms with Crippen molar-refractivity contribution in [2.24, 2.45) is 7.05 Å². The Morgan fingerprint density at radius 2 is 2.30 bits per heavy atom. The molecule has 1 heterocycles. The molecule has 0 saturated carbocycles. The zero-order valence-electron chi connectivity index (χ0n) is 10.5. The molecule has 7 nitrogen and oxygen atoms in total. The van der Waals surface area contributed by atoms with E-state index in [1.54, 1.807) is 24.1 Å². The second-order valence-electron chi connectivity index (χ2n) is 4.10. The van der Waals surface area contributed by atoms with Crippen molar-refractivity contribution in [3.05, 3.63) is 56.9 Å². The Morgan fingerprint density at radius 3 is 2.90 bits per heavy atom. The first-order valence-corrected chi connectivity index (χ1v) is 6.05. The summed E-state index contributed by atoms with van der Waals surface area (Å²) in [5.74, 6) is -0.470. The number of carbonyl (C=O) groups is 1. The number of halogens is 1. The first-order chi connectivity index (χ1) is 9.49. The van der Waals surface area contributed by atoms with E-state index in [0.29, 0.717) is 0 Å². The van der Waals surface area contributed by atoms with Crippen LogP contribution in [0.3, 0.4) is 0 Å². The average Bonchev–Trinajstić information content (AvgIpc) is 2.81. The number of amides is 1. The van der Waals surface area contributed by atoms with Gasteiger partial charge in [-0.2, -0.15) is 5.10 Å². The summed E-state index contributed by atoms with van der Waals surface area (Å²) in [6.07, 6.45) is 3.38. The molecule has 0 aliphatic heterocycles. The van der Waals surface area contributed by atoms with E-state index >= 15 is 0 Å². The lowest BCUT2D eigenvalue weighted by Gasteiger charge is -2.05. The van der Waals surface area contributed by atoms with Crippen molar-refractivity contribution in [3.63, 3.8) is 0 Å². The molecule has 0 aliphatic rings. The van der Waals surface area contributed by atoms with Crippen LogP contribution in [-0.2, 0) is 13.6 Å². The molecule has 0 aliphatic carbocycles. The Morgan fingerprint density at radius 1 is 1.55 bits per heavy atom. The zero-order valence-corrected chi connectivity index (χ0v) is 11.3. The fraction of sp³-hybridized carbons (Fsp3) is 0.167. The highest BCUT2D eigenvalue weighted by Gasteiger charge is 2.19. The number of nitrogens with one attached hydrogen (secondary N) is 1. The van der Waals surface area contributed by atoms with E-state index in [9.17, 15) is 14.9 Å². The second kappa shape index (κ2) is 5.70. The van der Waals surface area contributed by atoms with Crippen molar-refractivity contribution < 1.29 is 9.72 Å². The predicted octanol–water partition coefficient (Wildman–Crippen LogP) is 1.91.